The molecule has 61 heavy (non-hydrogen) atoms. The molecule has 0 radical (unpaired) electrons. The first kappa shape index (κ1) is 36.4. The molecule has 2 heterocycles. The zero-order chi connectivity index (χ0) is 41.3. The molecular formula is C54H31N7. The molecule has 0 saturated carbocycles. The summed E-state index contributed by atoms with van der Waals surface area (Å²) in [6.07, 6.45) is 0. The Labute approximate surface area is 352 Å². The van der Waals surface area contributed by atoms with Gasteiger partial charge in [0, 0.05) is 27.5 Å². The Morgan fingerprint density at radius 1 is 0.328 bits per heavy atom. The normalized spacial score (nSPS) is 10.9. The van der Waals surface area contributed by atoms with Crippen LogP contribution >= 0.6 is 0 Å². The second kappa shape index (κ2) is 15.4. The first-order valence-corrected chi connectivity index (χ1v) is 19.7. The van der Waals surface area contributed by atoms with Gasteiger partial charge in [0.1, 0.15) is 0 Å². The molecule has 0 fully saturated rings. The number of rotatable bonds is 7. The second-order valence-electron chi connectivity index (χ2n) is 14.6. The summed E-state index contributed by atoms with van der Waals surface area (Å²) in [4.78, 5) is 15.5. The molecule has 0 aliphatic carbocycles. The summed E-state index contributed by atoms with van der Waals surface area (Å²) in [6, 6.07) is 68.8. The lowest BCUT2D eigenvalue weighted by Crippen LogP contribution is -2.04. The van der Waals surface area contributed by atoms with Gasteiger partial charge >= 0.3 is 0 Å². The molecule has 0 saturated heterocycles. The van der Waals surface area contributed by atoms with E-state index >= 15 is 0 Å². The van der Waals surface area contributed by atoms with Gasteiger partial charge < -0.3 is 4.57 Å². The van der Waals surface area contributed by atoms with Gasteiger partial charge in [-0.15, -0.1) is 0 Å². The van der Waals surface area contributed by atoms with E-state index in [0.717, 1.165) is 77.6 Å². The predicted molar refractivity (Wildman–Crippen MR) is 241 cm³/mol. The smallest absolute Gasteiger partial charge is 0.166 e. The van der Waals surface area contributed by atoms with E-state index < -0.39 is 0 Å². The highest BCUT2D eigenvalue weighted by Gasteiger charge is 2.21. The molecular weight excluding hydrogens is 747 g/mol. The molecule has 0 aliphatic heterocycles. The number of hydrogen-bond donors (Lipinski definition) is 0. The Morgan fingerprint density at radius 2 is 0.689 bits per heavy atom. The average Bonchev–Trinajstić information content (AvgIpc) is 3.67. The van der Waals surface area contributed by atoms with Gasteiger partial charge in [-0.25, -0.2) is 15.0 Å². The van der Waals surface area contributed by atoms with Crippen LogP contribution in [-0.4, -0.2) is 19.5 Å². The van der Waals surface area contributed by atoms with E-state index in [0.29, 0.717) is 34.2 Å². The van der Waals surface area contributed by atoms with Crippen molar-refractivity contribution in [2.75, 3.05) is 0 Å². The molecule has 0 bridgehead atoms. The summed E-state index contributed by atoms with van der Waals surface area (Å²) in [5.74, 6) is 1.60. The third-order valence-electron chi connectivity index (χ3n) is 11.0. The maximum atomic E-state index is 9.58. The van der Waals surface area contributed by atoms with Crippen molar-refractivity contribution in [1.29, 1.82) is 15.8 Å². The van der Waals surface area contributed by atoms with Crippen LogP contribution in [0.4, 0.5) is 0 Å². The second-order valence-corrected chi connectivity index (χ2v) is 14.6. The minimum atomic E-state index is 0.500. The molecule has 0 unspecified atom stereocenters. The SMILES string of the molecule is N#Cc1ccc(-c2ccc(-n3c4cc(-c5ccc(C#N)cc5)ccc4c4ccc(-c5ccc(C#N)cc5)cc43)c(-c3nc(-c4ccccc4)nc(-c4ccccc4)n3)c2)cc1. The maximum Gasteiger partial charge on any atom is 0.166 e. The lowest BCUT2D eigenvalue weighted by atomic mass is 9.99. The number of benzene rings is 8. The van der Waals surface area contributed by atoms with Crippen molar-refractivity contribution in [3.8, 4) is 91.4 Å². The topological polar surface area (TPSA) is 115 Å². The molecule has 0 N–H and O–H groups in total. The third-order valence-corrected chi connectivity index (χ3v) is 11.0. The minimum absolute atomic E-state index is 0.500. The third kappa shape index (κ3) is 6.83. The molecule has 0 spiro atoms. The largest absolute Gasteiger partial charge is 0.308 e. The molecule has 0 amide bonds. The number of aromatic nitrogens is 4. The van der Waals surface area contributed by atoms with Gasteiger partial charge in [0.05, 0.1) is 51.6 Å². The Hall–Kier alpha value is -8.96. The van der Waals surface area contributed by atoms with Gasteiger partial charge in [0.2, 0.25) is 0 Å². The van der Waals surface area contributed by atoms with Gasteiger partial charge in [-0.05, 0) is 94.0 Å². The van der Waals surface area contributed by atoms with E-state index in [4.69, 9.17) is 15.0 Å². The van der Waals surface area contributed by atoms with E-state index in [9.17, 15) is 15.8 Å². The Morgan fingerprint density at radius 3 is 1.10 bits per heavy atom. The summed E-state index contributed by atoms with van der Waals surface area (Å²) in [6.45, 7) is 0. The van der Waals surface area contributed by atoms with E-state index in [2.05, 4.69) is 77.4 Å². The molecule has 8 aromatic carbocycles. The predicted octanol–water partition coefficient (Wildman–Crippen LogP) is 12.6. The van der Waals surface area contributed by atoms with Crippen LogP contribution in [0.1, 0.15) is 16.7 Å². The van der Waals surface area contributed by atoms with E-state index in [1.54, 1.807) is 0 Å². The van der Waals surface area contributed by atoms with E-state index in [1.807, 2.05) is 133 Å². The molecule has 0 atom stereocenters. The van der Waals surface area contributed by atoms with Crippen LogP contribution in [-0.2, 0) is 0 Å². The zero-order valence-corrected chi connectivity index (χ0v) is 32.5. The van der Waals surface area contributed by atoms with Crippen LogP contribution in [0.25, 0.3) is 95.0 Å². The number of hydrogen-bond acceptors (Lipinski definition) is 6. The van der Waals surface area contributed by atoms with Gasteiger partial charge in [-0.2, -0.15) is 15.8 Å². The lowest BCUT2D eigenvalue weighted by Gasteiger charge is -2.17. The van der Waals surface area contributed by atoms with Crippen LogP contribution in [0.3, 0.4) is 0 Å². The van der Waals surface area contributed by atoms with Crippen molar-refractivity contribution < 1.29 is 0 Å². The molecule has 7 nitrogen and oxygen atoms in total. The summed E-state index contributed by atoms with van der Waals surface area (Å²) in [7, 11) is 0. The highest BCUT2D eigenvalue weighted by molar-refractivity contribution is 6.11. The summed E-state index contributed by atoms with van der Waals surface area (Å²) in [5, 5.41) is 30.7. The van der Waals surface area contributed by atoms with E-state index in [-0.39, 0.29) is 0 Å². The first-order chi connectivity index (χ1) is 30.1. The quantitative estimate of drug-likeness (QED) is 0.159. The Kier molecular flexibility index (Phi) is 9.20. The number of fused-ring (bicyclic) bond motifs is 3. The molecule has 282 valence electrons. The van der Waals surface area contributed by atoms with Crippen molar-refractivity contribution >= 4 is 21.8 Å². The number of nitriles is 3. The number of nitrogens with zero attached hydrogens (tertiary/aromatic N) is 7. The minimum Gasteiger partial charge on any atom is -0.308 e. The molecule has 0 aliphatic rings. The first-order valence-electron chi connectivity index (χ1n) is 19.7. The fraction of sp³-hybridized carbons (Fsp3) is 0. The molecule has 7 heteroatoms. The molecule has 10 aromatic rings. The highest BCUT2D eigenvalue weighted by Crippen LogP contribution is 2.41. The lowest BCUT2D eigenvalue weighted by molar-refractivity contribution is 1.06. The molecule has 2 aromatic heterocycles. The van der Waals surface area contributed by atoms with Crippen molar-refractivity contribution in [1.82, 2.24) is 19.5 Å². The maximum absolute atomic E-state index is 9.58. The van der Waals surface area contributed by atoms with Crippen LogP contribution in [0.5, 0.6) is 0 Å². The summed E-state index contributed by atoms with van der Waals surface area (Å²) >= 11 is 0. The van der Waals surface area contributed by atoms with Crippen LogP contribution in [0.2, 0.25) is 0 Å². The standard InChI is InChI=1S/C54H31N7/c55-32-35-11-17-38(18-12-35)43-25-28-49(48(29-43)54-59-52(41-7-3-1-4-8-41)58-53(60-54)42-9-5-2-6-10-42)61-50-30-44(39-19-13-36(33-56)14-20-39)23-26-46(50)47-27-24-45(31-51(47)61)40-21-15-37(34-57)16-22-40/h1-31H. The Bertz CT molecular complexity index is 3230. The van der Waals surface area contributed by atoms with Crippen LogP contribution in [0.15, 0.2) is 188 Å². The fourth-order valence-corrected chi connectivity index (χ4v) is 7.87. The van der Waals surface area contributed by atoms with Gasteiger partial charge in [-0.1, -0.05) is 127 Å². The van der Waals surface area contributed by atoms with Crippen molar-refractivity contribution in [3.05, 3.63) is 205 Å². The molecule has 10 rings (SSSR count). The van der Waals surface area contributed by atoms with Crippen LogP contribution in [0, 0.1) is 34.0 Å². The van der Waals surface area contributed by atoms with E-state index in [1.165, 1.54) is 0 Å². The average molecular weight is 778 g/mol. The van der Waals surface area contributed by atoms with Gasteiger partial charge in [0.25, 0.3) is 0 Å². The summed E-state index contributed by atoms with van der Waals surface area (Å²) < 4.78 is 2.29. The van der Waals surface area contributed by atoms with Crippen LogP contribution < -0.4 is 0 Å². The van der Waals surface area contributed by atoms with Crippen molar-refractivity contribution in [3.63, 3.8) is 0 Å². The highest BCUT2D eigenvalue weighted by atomic mass is 15.1. The Balaban J connectivity index is 1.29. The van der Waals surface area contributed by atoms with Crippen molar-refractivity contribution in [2.45, 2.75) is 0 Å². The van der Waals surface area contributed by atoms with Gasteiger partial charge in [-0.3, -0.25) is 0 Å². The monoisotopic (exact) mass is 777 g/mol. The fourth-order valence-electron chi connectivity index (χ4n) is 7.87. The summed E-state index contributed by atoms with van der Waals surface area (Å²) in [5.41, 5.74) is 13.0. The van der Waals surface area contributed by atoms with Gasteiger partial charge in [0.15, 0.2) is 17.5 Å². The van der Waals surface area contributed by atoms with Crippen molar-refractivity contribution in [2.24, 2.45) is 0 Å². The zero-order valence-electron chi connectivity index (χ0n) is 32.5.